The van der Waals surface area contributed by atoms with E-state index in [1.807, 2.05) is 0 Å². The SMILES string of the molecule is O=C(O)C1=NC[C@H](O)C1. The topological polar surface area (TPSA) is 69.9 Å². The third-order valence-corrected chi connectivity index (χ3v) is 1.17. The number of carboxylic acids is 1. The van der Waals surface area contributed by atoms with E-state index in [9.17, 15) is 4.79 Å². The van der Waals surface area contributed by atoms with E-state index >= 15 is 0 Å². The van der Waals surface area contributed by atoms with Gasteiger partial charge in [0.15, 0.2) is 0 Å². The molecule has 9 heavy (non-hydrogen) atoms. The minimum Gasteiger partial charge on any atom is -0.477 e. The molecular formula is C5H7NO3. The van der Waals surface area contributed by atoms with Crippen LogP contribution in [0.4, 0.5) is 0 Å². The number of carboxylic acid groups (broad SMARTS) is 1. The molecule has 0 unspecified atom stereocenters. The highest BCUT2D eigenvalue weighted by atomic mass is 16.4. The van der Waals surface area contributed by atoms with E-state index in [-0.39, 0.29) is 18.7 Å². The summed E-state index contributed by atoms with van der Waals surface area (Å²) in [4.78, 5) is 13.7. The van der Waals surface area contributed by atoms with Gasteiger partial charge in [0.05, 0.1) is 12.6 Å². The molecule has 4 heteroatoms. The fourth-order valence-corrected chi connectivity index (χ4v) is 0.723. The summed E-state index contributed by atoms with van der Waals surface area (Å²) in [5.74, 6) is -1.02. The van der Waals surface area contributed by atoms with Crippen LogP contribution in [-0.2, 0) is 4.79 Å². The number of aliphatic hydroxyl groups is 1. The van der Waals surface area contributed by atoms with Gasteiger partial charge in [-0.05, 0) is 0 Å². The highest BCUT2D eigenvalue weighted by molar-refractivity contribution is 6.36. The summed E-state index contributed by atoms with van der Waals surface area (Å²) >= 11 is 0. The highest BCUT2D eigenvalue weighted by Gasteiger charge is 2.20. The van der Waals surface area contributed by atoms with Crippen molar-refractivity contribution in [3.63, 3.8) is 0 Å². The largest absolute Gasteiger partial charge is 0.477 e. The maximum absolute atomic E-state index is 10.1. The zero-order chi connectivity index (χ0) is 6.85. The van der Waals surface area contributed by atoms with Crippen LogP contribution in [0.2, 0.25) is 0 Å². The Kier molecular flexibility index (Phi) is 1.48. The van der Waals surface area contributed by atoms with Crippen molar-refractivity contribution in [2.24, 2.45) is 4.99 Å². The van der Waals surface area contributed by atoms with Crippen molar-refractivity contribution in [1.82, 2.24) is 0 Å². The summed E-state index contributed by atoms with van der Waals surface area (Å²) in [5.41, 5.74) is 0.0856. The fraction of sp³-hybridized carbons (Fsp3) is 0.600. The molecule has 0 aromatic carbocycles. The van der Waals surface area contributed by atoms with Gasteiger partial charge in [-0.15, -0.1) is 0 Å². The van der Waals surface area contributed by atoms with E-state index < -0.39 is 12.1 Å². The molecule has 1 heterocycles. The second kappa shape index (κ2) is 2.14. The molecule has 4 nitrogen and oxygen atoms in total. The van der Waals surface area contributed by atoms with E-state index in [2.05, 4.69) is 4.99 Å². The monoisotopic (exact) mass is 129 g/mol. The van der Waals surface area contributed by atoms with E-state index in [4.69, 9.17) is 10.2 Å². The molecular weight excluding hydrogens is 122 g/mol. The van der Waals surface area contributed by atoms with Crippen LogP contribution in [0.25, 0.3) is 0 Å². The second-order valence-electron chi connectivity index (χ2n) is 1.95. The summed E-state index contributed by atoms with van der Waals surface area (Å²) in [6.45, 7) is 0.238. The number of carbonyl (C=O) groups is 1. The number of hydrogen-bond donors (Lipinski definition) is 2. The quantitative estimate of drug-likeness (QED) is 0.490. The Morgan fingerprint density at radius 1 is 1.78 bits per heavy atom. The third kappa shape index (κ3) is 1.26. The van der Waals surface area contributed by atoms with E-state index in [0.717, 1.165) is 0 Å². The van der Waals surface area contributed by atoms with Gasteiger partial charge < -0.3 is 10.2 Å². The van der Waals surface area contributed by atoms with Crippen LogP contribution in [0.1, 0.15) is 6.42 Å². The lowest BCUT2D eigenvalue weighted by atomic mass is 10.2. The van der Waals surface area contributed by atoms with Gasteiger partial charge in [-0.3, -0.25) is 4.99 Å². The van der Waals surface area contributed by atoms with Crippen molar-refractivity contribution >= 4 is 11.7 Å². The molecule has 0 radical (unpaired) electrons. The molecule has 2 N–H and O–H groups in total. The lowest BCUT2D eigenvalue weighted by Gasteiger charge is -1.93. The minimum atomic E-state index is -1.02. The predicted molar refractivity (Wildman–Crippen MR) is 30.6 cm³/mol. The lowest BCUT2D eigenvalue weighted by molar-refractivity contribution is -0.129. The highest BCUT2D eigenvalue weighted by Crippen LogP contribution is 2.04. The molecule has 1 aliphatic heterocycles. The molecule has 0 fully saturated rings. The Balaban J connectivity index is 2.55. The van der Waals surface area contributed by atoms with Crippen molar-refractivity contribution < 1.29 is 15.0 Å². The van der Waals surface area contributed by atoms with Gasteiger partial charge >= 0.3 is 5.97 Å². The maximum Gasteiger partial charge on any atom is 0.349 e. The van der Waals surface area contributed by atoms with Crippen LogP contribution in [0.3, 0.4) is 0 Å². The minimum absolute atomic E-state index is 0.0856. The first-order valence-electron chi connectivity index (χ1n) is 2.65. The molecule has 0 saturated heterocycles. The van der Waals surface area contributed by atoms with E-state index in [1.54, 1.807) is 0 Å². The van der Waals surface area contributed by atoms with Gasteiger partial charge in [-0.2, -0.15) is 0 Å². The summed E-state index contributed by atoms with van der Waals surface area (Å²) in [7, 11) is 0. The van der Waals surface area contributed by atoms with Gasteiger partial charge in [0.25, 0.3) is 0 Å². The van der Waals surface area contributed by atoms with Crippen LogP contribution in [0.15, 0.2) is 4.99 Å². The van der Waals surface area contributed by atoms with Gasteiger partial charge in [-0.25, -0.2) is 4.79 Å². The smallest absolute Gasteiger partial charge is 0.349 e. The number of aliphatic carboxylic acids is 1. The number of aliphatic imine (C=N–C) groups is 1. The number of rotatable bonds is 1. The molecule has 1 rings (SSSR count). The normalized spacial score (nSPS) is 25.9. The van der Waals surface area contributed by atoms with Crippen molar-refractivity contribution in [2.45, 2.75) is 12.5 Å². The Morgan fingerprint density at radius 3 is 2.67 bits per heavy atom. The molecule has 0 aromatic heterocycles. The predicted octanol–water partition coefficient (Wildman–Crippen LogP) is -0.723. The van der Waals surface area contributed by atoms with Gasteiger partial charge in [-0.1, -0.05) is 0 Å². The molecule has 0 bridgehead atoms. The molecule has 1 atom stereocenters. The summed E-state index contributed by atoms with van der Waals surface area (Å²) < 4.78 is 0. The average molecular weight is 129 g/mol. The first kappa shape index (κ1) is 6.22. The third-order valence-electron chi connectivity index (χ3n) is 1.17. The zero-order valence-electron chi connectivity index (χ0n) is 4.74. The summed E-state index contributed by atoms with van der Waals surface area (Å²) in [6.07, 6.45) is -0.383. The van der Waals surface area contributed by atoms with Crippen LogP contribution in [0, 0.1) is 0 Å². The van der Waals surface area contributed by atoms with Crippen molar-refractivity contribution in [3.8, 4) is 0 Å². The Bertz CT molecular complexity index is 164. The van der Waals surface area contributed by atoms with Gasteiger partial charge in [0.1, 0.15) is 5.71 Å². The lowest BCUT2D eigenvalue weighted by Crippen LogP contribution is -2.13. The van der Waals surface area contributed by atoms with Crippen molar-refractivity contribution in [1.29, 1.82) is 0 Å². The standard InChI is InChI=1S/C5H7NO3/c7-3-1-4(5(8)9)6-2-3/h3,7H,1-2H2,(H,8,9)/t3-/m1/s1. The number of nitrogens with zero attached hydrogens (tertiary/aromatic N) is 1. The van der Waals surface area contributed by atoms with Crippen LogP contribution in [-0.4, -0.2) is 34.5 Å². The van der Waals surface area contributed by atoms with Crippen molar-refractivity contribution in [2.75, 3.05) is 6.54 Å². The Morgan fingerprint density at radius 2 is 2.44 bits per heavy atom. The van der Waals surface area contributed by atoms with Crippen LogP contribution < -0.4 is 0 Å². The number of aliphatic hydroxyl groups excluding tert-OH is 1. The fourth-order valence-electron chi connectivity index (χ4n) is 0.723. The molecule has 0 aromatic rings. The molecule has 50 valence electrons. The maximum atomic E-state index is 10.1. The van der Waals surface area contributed by atoms with Crippen LogP contribution >= 0.6 is 0 Å². The first-order valence-corrected chi connectivity index (χ1v) is 2.65. The molecule has 1 aliphatic rings. The van der Waals surface area contributed by atoms with Crippen LogP contribution in [0.5, 0.6) is 0 Å². The number of hydrogen-bond acceptors (Lipinski definition) is 3. The summed E-state index contributed by atoms with van der Waals surface area (Å²) in [6, 6.07) is 0. The molecule has 0 saturated carbocycles. The molecule has 0 amide bonds. The van der Waals surface area contributed by atoms with Gasteiger partial charge in [0.2, 0.25) is 0 Å². The Hall–Kier alpha value is -0.900. The Labute approximate surface area is 51.8 Å². The van der Waals surface area contributed by atoms with Gasteiger partial charge in [0, 0.05) is 6.42 Å². The molecule has 0 spiro atoms. The molecule has 0 aliphatic carbocycles. The summed E-state index contributed by atoms with van der Waals surface area (Å²) in [5, 5.41) is 17.1. The van der Waals surface area contributed by atoms with E-state index in [1.165, 1.54) is 0 Å². The van der Waals surface area contributed by atoms with E-state index in [0.29, 0.717) is 0 Å². The van der Waals surface area contributed by atoms with Crippen molar-refractivity contribution in [3.05, 3.63) is 0 Å². The second-order valence-corrected chi connectivity index (χ2v) is 1.95. The first-order chi connectivity index (χ1) is 4.20. The average Bonchev–Trinajstić information content (AvgIpc) is 2.14. The zero-order valence-corrected chi connectivity index (χ0v) is 4.74.